The summed E-state index contributed by atoms with van der Waals surface area (Å²) in [5.41, 5.74) is 2.19. The number of hydrogen-bond acceptors (Lipinski definition) is 2. The lowest BCUT2D eigenvalue weighted by Crippen LogP contribution is -2.47. The molecule has 110 valence electrons. The Morgan fingerprint density at radius 2 is 2.20 bits per heavy atom. The highest BCUT2D eigenvalue weighted by molar-refractivity contribution is 5.94. The van der Waals surface area contributed by atoms with E-state index in [2.05, 4.69) is 36.2 Å². The highest BCUT2D eigenvalue weighted by atomic mass is 16.2. The summed E-state index contributed by atoms with van der Waals surface area (Å²) in [6, 6.07) is 8.21. The summed E-state index contributed by atoms with van der Waals surface area (Å²) in [7, 11) is 0. The first-order chi connectivity index (χ1) is 9.74. The van der Waals surface area contributed by atoms with Crippen molar-refractivity contribution < 1.29 is 4.79 Å². The molecule has 20 heavy (non-hydrogen) atoms. The van der Waals surface area contributed by atoms with Crippen LogP contribution in [0.15, 0.2) is 24.3 Å². The fourth-order valence-corrected chi connectivity index (χ4v) is 2.94. The van der Waals surface area contributed by atoms with Gasteiger partial charge in [0.1, 0.15) is 0 Å². The summed E-state index contributed by atoms with van der Waals surface area (Å²) >= 11 is 0. The molecule has 2 rings (SSSR count). The largest absolute Gasteiger partial charge is 0.325 e. The zero-order valence-corrected chi connectivity index (χ0v) is 12.7. The van der Waals surface area contributed by atoms with Gasteiger partial charge in [0.05, 0.1) is 6.04 Å². The molecule has 0 spiro atoms. The maximum absolute atomic E-state index is 12.5. The summed E-state index contributed by atoms with van der Waals surface area (Å²) in [6.07, 6.45) is 5.46. The molecule has 1 unspecified atom stereocenters. The highest BCUT2D eigenvalue weighted by Gasteiger charge is 2.27. The van der Waals surface area contributed by atoms with Gasteiger partial charge >= 0.3 is 0 Å². The molecule has 0 bridgehead atoms. The van der Waals surface area contributed by atoms with Gasteiger partial charge in [-0.3, -0.25) is 9.69 Å². The Balaban J connectivity index is 2.01. The first kappa shape index (κ1) is 15.0. The molecule has 1 saturated heterocycles. The van der Waals surface area contributed by atoms with Crippen molar-refractivity contribution in [2.75, 3.05) is 18.4 Å². The summed E-state index contributed by atoms with van der Waals surface area (Å²) in [5.74, 6) is 0.159. The van der Waals surface area contributed by atoms with Gasteiger partial charge in [0.25, 0.3) is 0 Å². The third kappa shape index (κ3) is 3.83. The number of piperidine rings is 1. The van der Waals surface area contributed by atoms with Gasteiger partial charge in [0, 0.05) is 5.69 Å². The molecule has 1 amide bonds. The van der Waals surface area contributed by atoms with Crippen molar-refractivity contribution in [1.29, 1.82) is 0 Å². The molecule has 1 heterocycles. The van der Waals surface area contributed by atoms with Crippen molar-refractivity contribution in [2.45, 2.75) is 52.0 Å². The van der Waals surface area contributed by atoms with Crippen molar-refractivity contribution in [3.05, 3.63) is 29.8 Å². The van der Waals surface area contributed by atoms with E-state index in [1.165, 1.54) is 12.0 Å². The monoisotopic (exact) mass is 274 g/mol. The molecule has 1 N–H and O–H groups in total. The molecular weight excluding hydrogens is 248 g/mol. The minimum Gasteiger partial charge on any atom is -0.325 e. The van der Waals surface area contributed by atoms with Crippen LogP contribution in [-0.2, 0) is 11.2 Å². The van der Waals surface area contributed by atoms with E-state index in [4.69, 9.17) is 0 Å². The zero-order valence-electron chi connectivity index (χ0n) is 12.7. The van der Waals surface area contributed by atoms with Crippen LogP contribution in [0.3, 0.4) is 0 Å². The van der Waals surface area contributed by atoms with Crippen LogP contribution in [0.2, 0.25) is 0 Å². The van der Waals surface area contributed by atoms with Gasteiger partial charge in [-0.05, 0) is 56.5 Å². The quantitative estimate of drug-likeness (QED) is 0.892. The Hall–Kier alpha value is -1.35. The molecule has 1 aromatic rings. The van der Waals surface area contributed by atoms with Gasteiger partial charge in [0.15, 0.2) is 0 Å². The lowest BCUT2D eigenvalue weighted by atomic mass is 10.0. The van der Waals surface area contributed by atoms with Crippen LogP contribution >= 0.6 is 0 Å². The molecule has 0 aliphatic carbocycles. The van der Waals surface area contributed by atoms with Gasteiger partial charge in [-0.15, -0.1) is 0 Å². The number of rotatable bonds is 5. The van der Waals surface area contributed by atoms with Crippen molar-refractivity contribution in [1.82, 2.24) is 4.90 Å². The number of nitrogens with one attached hydrogen (secondary N) is 1. The van der Waals surface area contributed by atoms with Crippen LogP contribution in [0, 0.1) is 0 Å². The smallest absolute Gasteiger partial charge is 0.241 e. The summed E-state index contributed by atoms with van der Waals surface area (Å²) in [4.78, 5) is 14.8. The third-order valence-corrected chi connectivity index (χ3v) is 4.03. The average Bonchev–Trinajstić information content (AvgIpc) is 2.48. The second-order valence-corrected chi connectivity index (χ2v) is 5.59. The van der Waals surface area contributed by atoms with Crippen LogP contribution < -0.4 is 5.32 Å². The SMILES string of the molecule is CCCN1CCCCC1C(=O)Nc1cccc(CC)c1. The van der Waals surface area contributed by atoms with E-state index in [-0.39, 0.29) is 11.9 Å². The maximum Gasteiger partial charge on any atom is 0.241 e. The number of carbonyl (C=O) groups is 1. The van der Waals surface area contributed by atoms with Crippen molar-refractivity contribution >= 4 is 11.6 Å². The Morgan fingerprint density at radius 3 is 2.95 bits per heavy atom. The number of nitrogens with zero attached hydrogens (tertiary/aromatic N) is 1. The van der Waals surface area contributed by atoms with Crippen molar-refractivity contribution in [2.24, 2.45) is 0 Å². The second-order valence-electron chi connectivity index (χ2n) is 5.59. The molecule has 1 aliphatic heterocycles. The maximum atomic E-state index is 12.5. The van der Waals surface area contributed by atoms with Crippen LogP contribution in [0.1, 0.15) is 45.1 Å². The van der Waals surface area contributed by atoms with Gasteiger partial charge in [0.2, 0.25) is 5.91 Å². The van der Waals surface area contributed by atoms with E-state index in [1.807, 2.05) is 12.1 Å². The molecule has 1 fully saturated rings. The predicted octanol–water partition coefficient (Wildman–Crippen LogP) is 3.45. The standard InChI is InChI=1S/C17H26N2O/c1-3-11-19-12-6-5-10-16(19)17(20)18-15-9-7-8-14(4-2)13-15/h7-9,13,16H,3-6,10-12H2,1-2H3,(H,18,20). The lowest BCUT2D eigenvalue weighted by molar-refractivity contribution is -0.122. The minimum absolute atomic E-state index is 0.0500. The van der Waals surface area contributed by atoms with E-state index in [0.717, 1.165) is 44.5 Å². The number of aryl methyl sites for hydroxylation is 1. The molecule has 0 radical (unpaired) electrons. The van der Waals surface area contributed by atoms with Crippen LogP contribution in [0.4, 0.5) is 5.69 Å². The first-order valence-electron chi connectivity index (χ1n) is 7.88. The fourth-order valence-electron chi connectivity index (χ4n) is 2.94. The van der Waals surface area contributed by atoms with Crippen LogP contribution in [0.25, 0.3) is 0 Å². The molecule has 0 aromatic heterocycles. The summed E-state index contributed by atoms with van der Waals surface area (Å²) in [5, 5.41) is 3.09. The molecule has 0 saturated carbocycles. The first-order valence-corrected chi connectivity index (χ1v) is 7.88. The molecule has 1 atom stereocenters. The number of benzene rings is 1. The van der Waals surface area contributed by atoms with E-state index >= 15 is 0 Å². The van der Waals surface area contributed by atoms with Gasteiger partial charge < -0.3 is 5.32 Å². The summed E-state index contributed by atoms with van der Waals surface area (Å²) in [6.45, 7) is 6.38. The third-order valence-electron chi connectivity index (χ3n) is 4.03. The van der Waals surface area contributed by atoms with E-state index in [9.17, 15) is 4.79 Å². The van der Waals surface area contributed by atoms with Crippen LogP contribution in [0.5, 0.6) is 0 Å². The normalized spacial score (nSPS) is 19.8. The van der Waals surface area contributed by atoms with Crippen molar-refractivity contribution in [3.8, 4) is 0 Å². The Bertz CT molecular complexity index is 442. The lowest BCUT2D eigenvalue weighted by Gasteiger charge is -2.34. The number of amides is 1. The van der Waals surface area contributed by atoms with Crippen LogP contribution in [-0.4, -0.2) is 29.9 Å². The average molecular weight is 274 g/mol. The van der Waals surface area contributed by atoms with Crippen molar-refractivity contribution in [3.63, 3.8) is 0 Å². The van der Waals surface area contributed by atoms with E-state index < -0.39 is 0 Å². The highest BCUT2D eigenvalue weighted by Crippen LogP contribution is 2.19. The Kier molecular flexibility index (Phi) is 5.60. The predicted molar refractivity (Wildman–Crippen MR) is 84.0 cm³/mol. The number of likely N-dealkylation sites (tertiary alicyclic amines) is 1. The van der Waals surface area contributed by atoms with E-state index in [0.29, 0.717) is 0 Å². The van der Waals surface area contributed by atoms with Gasteiger partial charge in [-0.25, -0.2) is 0 Å². The number of carbonyl (C=O) groups excluding carboxylic acids is 1. The van der Waals surface area contributed by atoms with E-state index in [1.54, 1.807) is 0 Å². The molecular formula is C17H26N2O. The minimum atomic E-state index is 0.0500. The second kappa shape index (κ2) is 7.44. The summed E-state index contributed by atoms with van der Waals surface area (Å²) < 4.78 is 0. The molecule has 3 heteroatoms. The van der Waals surface area contributed by atoms with Gasteiger partial charge in [-0.1, -0.05) is 32.4 Å². The Labute approximate surface area is 122 Å². The number of hydrogen-bond donors (Lipinski definition) is 1. The molecule has 1 aromatic carbocycles. The molecule has 1 aliphatic rings. The molecule has 3 nitrogen and oxygen atoms in total. The zero-order chi connectivity index (χ0) is 14.4. The fraction of sp³-hybridized carbons (Fsp3) is 0.588. The van der Waals surface area contributed by atoms with Gasteiger partial charge in [-0.2, -0.15) is 0 Å². The Morgan fingerprint density at radius 1 is 1.35 bits per heavy atom. The number of anilines is 1. The topological polar surface area (TPSA) is 32.3 Å².